The second-order valence-electron chi connectivity index (χ2n) is 4.79. The molecule has 2 bridgehead atoms. The smallest absolute Gasteiger partial charge is 0.0438 e. The summed E-state index contributed by atoms with van der Waals surface area (Å²) in [6.07, 6.45) is 1.09. The van der Waals surface area contributed by atoms with Crippen molar-refractivity contribution in [3.8, 4) is 0 Å². The zero-order chi connectivity index (χ0) is 11.0. The maximum absolute atomic E-state index is 6.21. The van der Waals surface area contributed by atoms with Crippen LogP contribution in [0.15, 0.2) is 24.3 Å². The van der Waals surface area contributed by atoms with Crippen LogP contribution in [-0.4, -0.2) is 48.6 Å². The zero-order valence-electron chi connectivity index (χ0n) is 9.40. The SMILES string of the molecule is Clc1ccccc1CC1CN2CCN1CC2. The predicted octanol–water partition coefficient (Wildman–Crippen LogP) is 1.88. The third kappa shape index (κ3) is 1.97. The number of piperazine rings is 3. The molecule has 4 rings (SSSR count). The Bertz CT molecular complexity index is 372. The minimum atomic E-state index is 0.669. The van der Waals surface area contributed by atoms with Gasteiger partial charge in [-0.15, -0.1) is 0 Å². The van der Waals surface area contributed by atoms with Gasteiger partial charge >= 0.3 is 0 Å². The van der Waals surface area contributed by atoms with Crippen molar-refractivity contribution in [3.63, 3.8) is 0 Å². The lowest BCUT2D eigenvalue weighted by atomic mass is 10.00. The van der Waals surface area contributed by atoms with E-state index < -0.39 is 0 Å². The molecule has 16 heavy (non-hydrogen) atoms. The van der Waals surface area contributed by atoms with Gasteiger partial charge in [-0.3, -0.25) is 9.80 Å². The van der Waals surface area contributed by atoms with Crippen molar-refractivity contribution in [1.82, 2.24) is 9.80 Å². The van der Waals surface area contributed by atoms with E-state index in [1.54, 1.807) is 0 Å². The van der Waals surface area contributed by atoms with E-state index >= 15 is 0 Å². The maximum Gasteiger partial charge on any atom is 0.0438 e. The van der Waals surface area contributed by atoms with Gasteiger partial charge in [0.1, 0.15) is 0 Å². The summed E-state index contributed by atoms with van der Waals surface area (Å²) in [5, 5.41) is 0.917. The van der Waals surface area contributed by atoms with E-state index in [-0.39, 0.29) is 0 Å². The van der Waals surface area contributed by atoms with Gasteiger partial charge in [-0.05, 0) is 18.1 Å². The molecule has 0 aromatic heterocycles. The van der Waals surface area contributed by atoms with Crippen molar-refractivity contribution in [3.05, 3.63) is 34.9 Å². The number of benzene rings is 1. The molecular weight excluding hydrogens is 220 g/mol. The lowest BCUT2D eigenvalue weighted by Gasteiger charge is -2.47. The van der Waals surface area contributed by atoms with Crippen LogP contribution < -0.4 is 0 Å². The topological polar surface area (TPSA) is 6.48 Å². The van der Waals surface area contributed by atoms with Crippen LogP contribution in [0.3, 0.4) is 0 Å². The van der Waals surface area contributed by atoms with E-state index in [0.717, 1.165) is 11.4 Å². The second kappa shape index (κ2) is 4.36. The van der Waals surface area contributed by atoms with Gasteiger partial charge in [0.2, 0.25) is 0 Å². The quantitative estimate of drug-likeness (QED) is 0.774. The lowest BCUT2D eigenvalue weighted by molar-refractivity contribution is 0.0136. The summed E-state index contributed by atoms with van der Waals surface area (Å²) in [4.78, 5) is 5.19. The highest BCUT2D eigenvalue weighted by molar-refractivity contribution is 6.31. The fraction of sp³-hybridized carbons (Fsp3) is 0.538. The summed E-state index contributed by atoms with van der Waals surface area (Å²) in [7, 11) is 0. The first-order chi connectivity index (χ1) is 7.83. The van der Waals surface area contributed by atoms with Gasteiger partial charge in [0.25, 0.3) is 0 Å². The Morgan fingerprint density at radius 3 is 2.50 bits per heavy atom. The molecule has 1 aromatic carbocycles. The normalized spacial score (nSPS) is 32.9. The van der Waals surface area contributed by atoms with E-state index in [4.69, 9.17) is 11.6 Å². The highest BCUT2D eigenvalue weighted by Crippen LogP contribution is 2.22. The summed E-state index contributed by atoms with van der Waals surface area (Å²) < 4.78 is 0. The van der Waals surface area contributed by atoms with Crippen molar-refractivity contribution in [1.29, 1.82) is 0 Å². The van der Waals surface area contributed by atoms with Crippen LogP contribution in [0, 0.1) is 0 Å². The number of nitrogens with zero attached hydrogens (tertiary/aromatic N) is 2. The fourth-order valence-electron chi connectivity index (χ4n) is 2.84. The number of hydrogen-bond donors (Lipinski definition) is 0. The Morgan fingerprint density at radius 1 is 1.12 bits per heavy atom. The molecule has 0 radical (unpaired) electrons. The standard InChI is InChI=1S/C13H17ClN2/c14-13-4-2-1-3-11(13)9-12-10-15-5-7-16(12)8-6-15/h1-4,12H,5-10H2. The molecule has 3 fully saturated rings. The second-order valence-corrected chi connectivity index (χ2v) is 5.19. The highest BCUT2D eigenvalue weighted by Gasteiger charge is 2.31. The molecule has 3 heteroatoms. The van der Waals surface area contributed by atoms with Crippen molar-refractivity contribution >= 4 is 11.6 Å². The van der Waals surface area contributed by atoms with Crippen LogP contribution in [0.2, 0.25) is 5.02 Å². The Hall–Kier alpha value is -0.570. The highest BCUT2D eigenvalue weighted by atomic mass is 35.5. The lowest BCUT2D eigenvalue weighted by Crippen LogP contribution is -2.61. The summed E-state index contributed by atoms with van der Waals surface area (Å²) in [5.74, 6) is 0. The molecule has 1 atom stereocenters. The predicted molar refractivity (Wildman–Crippen MR) is 67.0 cm³/mol. The number of rotatable bonds is 2. The largest absolute Gasteiger partial charge is 0.299 e. The Balaban J connectivity index is 1.73. The monoisotopic (exact) mass is 236 g/mol. The average Bonchev–Trinajstić information content (AvgIpc) is 2.34. The van der Waals surface area contributed by atoms with Crippen molar-refractivity contribution in [2.45, 2.75) is 12.5 Å². The van der Waals surface area contributed by atoms with Crippen LogP contribution in [0.5, 0.6) is 0 Å². The molecule has 86 valence electrons. The first-order valence-electron chi connectivity index (χ1n) is 6.03. The van der Waals surface area contributed by atoms with Gasteiger partial charge in [0.15, 0.2) is 0 Å². The average molecular weight is 237 g/mol. The molecule has 3 aliphatic heterocycles. The van der Waals surface area contributed by atoms with Crippen molar-refractivity contribution < 1.29 is 0 Å². The fourth-order valence-corrected chi connectivity index (χ4v) is 3.05. The molecule has 0 spiro atoms. The van der Waals surface area contributed by atoms with Gasteiger partial charge in [-0.1, -0.05) is 29.8 Å². The summed E-state index contributed by atoms with van der Waals surface area (Å²) in [5.41, 5.74) is 1.29. The Morgan fingerprint density at radius 2 is 1.88 bits per heavy atom. The first-order valence-corrected chi connectivity index (χ1v) is 6.40. The van der Waals surface area contributed by atoms with Crippen molar-refractivity contribution in [2.24, 2.45) is 0 Å². The van der Waals surface area contributed by atoms with Crippen LogP contribution in [0.4, 0.5) is 0 Å². The Kier molecular flexibility index (Phi) is 2.88. The molecular formula is C13H17ClN2. The Labute approximate surface area is 102 Å². The molecule has 0 N–H and O–H groups in total. The summed E-state index contributed by atoms with van der Waals surface area (Å²) in [6, 6.07) is 8.90. The first kappa shape index (κ1) is 10.6. The minimum Gasteiger partial charge on any atom is -0.299 e. The molecule has 2 nitrogen and oxygen atoms in total. The van der Waals surface area contributed by atoms with Crippen LogP contribution in [0.25, 0.3) is 0 Å². The molecule has 0 saturated carbocycles. The zero-order valence-corrected chi connectivity index (χ0v) is 10.2. The van der Waals surface area contributed by atoms with Gasteiger partial charge in [-0.2, -0.15) is 0 Å². The molecule has 3 heterocycles. The van der Waals surface area contributed by atoms with Gasteiger partial charge in [0.05, 0.1) is 0 Å². The van der Waals surface area contributed by atoms with E-state index in [2.05, 4.69) is 21.9 Å². The van der Waals surface area contributed by atoms with E-state index in [9.17, 15) is 0 Å². The van der Waals surface area contributed by atoms with Crippen LogP contribution in [-0.2, 0) is 6.42 Å². The number of halogens is 1. The van der Waals surface area contributed by atoms with Crippen LogP contribution >= 0.6 is 11.6 Å². The minimum absolute atomic E-state index is 0.669. The molecule has 0 aliphatic carbocycles. The number of fused-ring (bicyclic) bond motifs is 3. The van der Waals surface area contributed by atoms with Crippen molar-refractivity contribution in [2.75, 3.05) is 32.7 Å². The maximum atomic E-state index is 6.21. The van der Waals surface area contributed by atoms with Gasteiger partial charge < -0.3 is 0 Å². The molecule has 0 amide bonds. The summed E-state index contributed by atoms with van der Waals surface area (Å²) in [6.45, 7) is 6.17. The molecule has 1 aromatic rings. The van der Waals surface area contributed by atoms with Gasteiger partial charge in [0, 0.05) is 43.8 Å². The van der Waals surface area contributed by atoms with Gasteiger partial charge in [-0.25, -0.2) is 0 Å². The third-order valence-corrected chi connectivity index (χ3v) is 4.17. The molecule has 1 unspecified atom stereocenters. The van der Waals surface area contributed by atoms with E-state index in [0.29, 0.717) is 6.04 Å². The number of hydrogen-bond acceptors (Lipinski definition) is 2. The third-order valence-electron chi connectivity index (χ3n) is 3.81. The summed E-state index contributed by atoms with van der Waals surface area (Å²) >= 11 is 6.21. The van der Waals surface area contributed by atoms with Crippen LogP contribution in [0.1, 0.15) is 5.56 Å². The molecule has 3 saturated heterocycles. The van der Waals surface area contributed by atoms with E-state index in [1.165, 1.54) is 38.3 Å². The van der Waals surface area contributed by atoms with E-state index in [1.807, 2.05) is 12.1 Å². The molecule has 3 aliphatic rings.